The molecule has 0 radical (unpaired) electrons. The van der Waals surface area contributed by atoms with Gasteiger partial charge in [0, 0.05) is 21.5 Å². The van der Waals surface area contributed by atoms with Crippen molar-refractivity contribution in [3.8, 4) is 17.0 Å². The molecular formula is C26H20ClF4N5O4. The molecule has 1 aliphatic rings. The number of aliphatic hydroxyl groups is 1. The molecule has 0 saturated heterocycles. The highest BCUT2D eigenvalue weighted by molar-refractivity contribution is 6.32. The van der Waals surface area contributed by atoms with Crippen LogP contribution in [-0.2, 0) is 15.8 Å². The molecule has 0 unspecified atom stereocenters. The highest BCUT2D eigenvalue weighted by Crippen LogP contribution is 2.47. The van der Waals surface area contributed by atoms with Crippen molar-refractivity contribution < 1.29 is 37.0 Å². The maximum absolute atomic E-state index is 14.6. The highest BCUT2D eigenvalue weighted by Gasteiger charge is 2.57. The number of aromatic amines is 1. The summed E-state index contributed by atoms with van der Waals surface area (Å²) in [6, 6.07) is 8.26. The van der Waals surface area contributed by atoms with Gasteiger partial charge >= 0.3 is 6.18 Å². The van der Waals surface area contributed by atoms with Crippen molar-refractivity contribution in [1.82, 2.24) is 20.5 Å². The van der Waals surface area contributed by atoms with E-state index < -0.39 is 47.1 Å². The van der Waals surface area contributed by atoms with Gasteiger partial charge in [0.25, 0.3) is 5.91 Å². The fourth-order valence-electron chi connectivity index (χ4n) is 4.45. The number of carbonyl (C=O) groups excluding carboxylic acids is 2. The minimum Gasteiger partial charge on any atom is -0.489 e. The van der Waals surface area contributed by atoms with E-state index in [4.69, 9.17) is 22.1 Å². The van der Waals surface area contributed by atoms with Crippen molar-refractivity contribution in [2.24, 2.45) is 5.73 Å². The Morgan fingerprint density at radius 2 is 1.93 bits per heavy atom. The van der Waals surface area contributed by atoms with Crippen LogP contribution in [0.4, 0.5) is 17.6 Å². The number of alkyl halides is 3. The lowest BCUT2D eigenvalue weighted by Gasteiger charge is -2.31. The van der Waals surface area contributed by atoms with Gasteiger partial charge in [-0.25, -0.2) is 9.37 Å². The first-order valence-electron chi connectivity index (χ1n) is 11.7. The number of nitrogens with one attached hydrogen (secondary N) is 2. The Morgan fingerprint density at radius 1 is 1.23 bits per heavy atom. The summed E-state index contributed by atoms with van der Waals surface area (Å²) in [4.78, 5) is 29.4. The Labute approximate surface area is 228 Å². The van der Waals surface area contributed by atoms with E-state index in [9.17, 15) is 32.3 Å². The number of ether oxygens (including phenoxy) is 1. The third-order valence-corrected chi connectivity index (χ3v) is 7.12. The fraction of sp³-hybridized carbons (Fsp3) is 0.231. The van der Waals surface area contributed by atoms with Crippen molar-refractivity contribution in [1.29, 1.82) is 0 Å². The van der Waals surface area contributed by atoms with Crippen LogP contribution in [-0.4, -0.2) is 51.4 Å². The Hall–Kier alpha value is -4.23. The number of halogens is 5. The zero-order valence-corrected chi connectivity index (χ0v) is 21.3. The Balaban J connectivity index is 1.62. The van der Waals surface area contributed by atoms with E-state index in [2.05, 4.69) is 20.5 Å². The number of amides is 2. The number of H-pyrrole nitrogens is 1. The molecule has 2 aromatic carbocycles. The molecule has 208 valence electrons. The lowest BCUT2D eigenvalue weighted by atomic mass is 9.81. The number of carbonyl (C=O) groups is 2. The Bertz CT molecular complexity index is 1660. The standard InChI is InChI=1S/C26H20ClF4N5O4/c1-24(23(32)38)11-40-21-17(24)8-19(35-20(21)12-2-4-14(28)5-3-12)25(39,26(29,30)31)10-33-22(37)15-6-13(27)7-18-16(15)9-34-36-18/h2-9,39H,10-11H2,1H3,(H2,32,38)(H,33,37)(H,34,36)/t24-,25-/m0/s1. The number of pyridine rings is 1. The molecule has 5 rings (SSSR count). The van der Waals surface area contributed by atoms with E-state index in [-0.39, 0.29) is 39.8 Å². The second-order valence-electron chi connectivity index (χ2n) is 9.55. The second-order valence-corrected chi connectivity index (χ2v) is 9.99. The summed E-state index contributed by atoms with van der Waals surface area (Å²) in [6.07, 6.45) is -4.05. The van der Waals surface area contributed by atoms with Crippen LogP contribution < -0.4 is 15.8 Å². The van der Waals surface area contributed by atoms with Gasteiger partial charge in [0.1, 0.15) is 29.3 Å². The predicted molar refractivity (Wildman–Crippen MR) is 135 cm³/mol. The number of rotatable bonds is 6. The first kappa shape index (κ1) is 27.3. The molecular weight excluding hydrogens is 558 g/mol. The number of nitrogens with two attached hydrogens (primary N) is 1. The van der Waals surface area contributed by atoms with Crippen LogP contribution >= 0.6 is 11.6 Å². The van der Waals surface area contributed by atoms with Crippen molar-refractivity contribution in [3.05, 3.63) is 76.3 Å². The number of aromatic nitrogens is 3. The Morgan fingerprint density at radius 3 is 2.58 bits per heavy atom. The predicted octanol–water partition coefficient (Wildman–Crippen LogP) is 3.73. The monoisotopic (exact) mass is 577 g/mol. The molecule has 14 heteroatoms. The summed E-state index contributed by atoms with van der Waals surface area (Å²) in [7, 11) is 0. The van der Waals surface area contributed by atoms with E-state index in [0.717, 1.165) is 18.2 Å². The lowest BCUT2D eigenvalue weighted by Crippen LogP contribution is -2.51. The smallest absolute Gasteiger partial charge is 0.424 e. The highest BCUT2D eigenvalue weighted by atomic mass is 35.5. The van der Waals surface area contributed by atoms with E-state index in [1.165, 1.54) is 37.4 Å². The average Bonchev–Trinajstić information content (AvgIpc) is 3.51. The summed E-state index contributed by atoms with van der Waals surface area (Å²) < 4.78 is 62.9. The number of hydrogen-bond donors (Lipinski definition) is 4. The van der Waals surface area contributed by atoms with Crippen molar-refractivity contribution in [2.45, 2.75) is 24.1 Å². The largest absolute Gasteiger partial charge is 0.489 e. The maximum atomic E-state index is 14.6. The van der Waals surface area contributed by atoms with Crippen molar-refractivity contribution in [2.75, 3.05) is 13.2 Å². The molecule has 2 aromatic heterocycles. The SMILES string of the molecule is C[C@]1(C(N)=O)COc2c1cc([C@@](O)(CNC(=O)c1cc(Cl)cc3[nH]ncc13)C(F)(F)F)nc2-c1ccc(F)cc1. The molecule has 5 N–H and O–H groups in total. The maximum Gasteiger partial charge on any atom is 0.424 e. The van der Waals surface area contributed by atoms with Crippen molar-refractivity contribution in [3.63, 3.8) is 0 Å². The van der Waals surface area contributed by atoms with E-state index in [0.29, 0.717) is 10.9 Å². The van der Waals surface area contributed by atoms with Crippen LogP contribution in [0.1, 0.15) is 28.5 Å². The van der Waals surface area contributed by atoms with Crippen LogP contribution in [0.3, 0.4) is 0 Å². The molecule has 40 heavy (non-hydrogen) atoms. The van der Waals surface area contributed by atoms with Gasteiger partial charge in [-0.3, -0.25) is 14.7 Å². The zero-order valence-electron chi connectivity index (χ0n) is 20.6. The third-order valence-electron chi connectivity index (χ3n) is 6.90. The Kier molecular flexibility index (Phi) is 6.46. The zero-order chi connectivity index (χ0) is 29.0. The van der Waals surface area contributed by atoms with Crippen LogP contribution in [0.5, 0.6) is 5.75 Å². The lowest BCUT2D eigenvalue weighted by molar-refractivity contribution is -0.265. The summed E-state index contributed by atoms with van der Waals surface area (Å²) >= 11 is 6.03. The molecule has 4 aromatic rings. The van der Waals surface area contributed by atoms with Gasteiger partial charge < -0.3 is 20.9 Å². The number of benzene rings is 2. The summed E-state index contributed by atoms with van der Waals surface area (Å²) in [5, 5.41) is 20.1. The van der Waals surface area contributed by atoms with E-state index in [1.54, 1.807) is 0 Å². The third kappa shape index (κ3) is 4.40. The molecule has 0 aliphatic carbocycles. The number of hydrogen-bond acceptors (Lipinski definition) is 6. The van der Waals surface area contributed by atoms with Gasteiger partial charge in [-0.05, 0) is 49.4 Å². The summed E-state index contributed by atoms with van der Waals surface area (Å²) in [5.41, 5.74) is -0.447. The topological polar surface area (TPSA) is 143 Å². The molecule has 0 saturated carbocycles. The molecule has 2 atom stereocenters. The molecule has 9 nitrogen and oxygen atoms in total. The number of primary amides is 1. The van der Waals surface area contributed by atoms with Gasteiger partial charge in [-0.15, -0.1) is 0 Å². The van der Waals surface area contributed by atoms with Crippen molar-refractivity contribution >= 4 is 34.3 Å². The van der Waals surface area contributed by atoms with Gasteiger partial charge in [0.05, 0.1) is 29.5 Å². The molecule has 1 aliphatic heterocycles. The molecule has 0 bridgehead atoms. The van der Waals surface area contributed by atoms with Crippen LogP contribution in [0.25, 0.3) is 22.2 Å². The molecule has 2 amide bonds. The molecule has 0 fully saturated rings. The normalized spacial score (nSPS) is 18.2. The fourth-order valence-corrected chi connectivity index (χ4v) is 4.66. The minimum absolute atomic E-state index is 0.0357. The van der Waals surface area contributed by atoms with Gasteiger partial charge in [-0.1, -0.05) is 11.6 Å². The summed E-state index contributed by atoms with van der Waals surface area (Å²) in [5.74, 6) is -2.50. The van der Waals surface area contributed by atoms with Crippen LogP contribution in [0, 0.1) is 5.82 Å². The quantitative estimate of drug-likeness (QED) is 0.257. The van der Waals surface area contributed by atoms with Gasteiger partial charge in [-0.2, -0.15) is 18.3 Å². The molecule has 3 heterocycles. The van der Waals surface area contributed by atoms with E-state index in [1.807, 2.05) is 0 Å². The first-order chi connectivity index (χ1) is 18.7. The second kappa shape index (κ2) is 9.45. The minimum atomic E-state index is -5.36. The molecule has 0 spiro atoms. The number of nitrogens with zero attached hydrogens (tertiary/aromatic N) is 2. The van der Waals surface area contributed by atoms with Crippen LogP contribution in [0.15, 0.2) is 48.7 Å². The summed E-state index contributed by atoms with van der Waals surface area (Å²) in [6.45, 7) is -0.277. The van der Waals surface area contributed by atoms with Crippen LogP contribution in [0.2, 0.25) is 5.02 Å². The van der Waals surface area contributed by atoms with E-state index >= 15 is 0 Å². The first-order valence-corrected chi connectivity index (χ1v) is 12.1. The number of fused-ring (bicyclic) bond motifs is 2. The van der Waals surface area contributed by atoms with Gasteiger partial charge in [0.2, 0.25) is 11.5 Å². The average molecular weight is 578 g/mol. The van der Waals surface area contributed by atoms with Gasteiger partial charge in [0.15, 0.2) is 0 Å².